The SMILES string of the molecule is CCNc1cc([N+](=O)[O-])cc(N(C)Cc2csc(Br)c2)n1. The van der Waals surface area contributed by atoms with Crippen LogP contribution in [0.3, 0.4) is 0 Å². The van der Waals surface area contributed by atoms with Crippen molar-refractivity contribution in [3.63, 3.8) is 0 Å². The van der Waals surface area contributed by atoms with Crippen molar-refractivity contribution in [2.45, 2.75) is 13.5 Å². The Kier molecular flexibility index (Phi) is 5.13. The van der Waals surface area contributed by atoms with E-state index >= 15 is 0 Å². The van der Waals surface area contributed by atoms with Crippen LogP contribution in [0, 0.1) is 10.1 Å². The highest BCUT2D eigenvalue weighted by Crippen LogP contribution is 2.26. The molecule has 6 nitrogen and oxygen atoms in total. The molecule has 0 fully saturated rings. The first-order chi connectivity index (χ1) is 9.99. The van der Waals surface area contributed by atoms with Crippen molar-refractivity contribution in [3.8, 4) is 0 Å². The molecule has 0 aromatic carbocycles. The smallest absolute Gasteiger partial charge is 0.276 e. The van der Waals surface area contributed by atoms with Crippen molar-refractivity contribution in [3.05, 3.63) is 43.0 Å². The summed E-state index contributed by atoms with van der Waals surface area (Å²) in [6, 6.07) is 4.97. The van der Waals surface area contributed by atoms with Crippen LogP contribution in [0.5, 0.6) is 0 Å². The third kappa shape index (κ3) is 4.15. The summed E-state index contributed by atoms with van der Waals surface area (Å²) in [4.78, 5) is 16.9. The number of pyridine rings is 1. The zero-order valence-electron chi connectivity index (χ0n) is 11.7. The first-order valence-electron chi connectivity index (χ1n) is 6.34. The zero-order valence-corrected chi connectivity index (χ0v) is 14.1. The number of thiophene rings is 1. The number of anilines is 2. The molecule has 0 radical (unpaired) electrons. The molecular weight excluding hydrogens is 356 g/mol. The Morgan fingerprint density at radius 3 is 2.81 bits per heavy atom. The van der Waals surface area contributed by atoms with Gasteiger partial charge in [-0.25, -0.2) is 4.98 Å². The van der Waals surface area contributed by atoms with E-state index in [-0.39, 0.29) is 5.69 Å². The summed E-state index contributed by atoms with van der Waals surface area (Å²) in [5.41, 5.74) is 1.17. The van der Waals surface area contributed by atoms with Gasteiger partial charge in [0.2, 0.25) is 0 Å². The maximum absolute atomic E-state index is 11.0. The zero-order chi connectivity index (χ0) is 15.4. The van der Waals surface area contributed by atoms with Gasteiger partial charge < -0.3 is 10.2 Å². The molecule has 0 spiro atoms. The fourth-order valence-corrected chi connectivity index (χ4v) is 3.06. The van der Waals surface area contributed by atoms with Crippen LogP contribution in [0.25, 0.3) is 0 Å². The second kappa shape index (κ2) is 6.86. The second-order valence-electron chi connectivity index (χ2n) is 4.47. The molecule has 1 N–H and O–H groups in total. The van der Waals surface area contributed by atoms with Crippen molar-refractivity contribution < 1.29 is 4.92 Å². The van der Waals surface area contributed by atoms with Crippen molar-refractivity contribution in [1.82, 2.24) is 4.98 Å². The minimum Gasteiger partial charge on any atom is -0.370 e. The number of aromatic nitrogens is 1. The van der Waals surface area contributed by atoms with Gasteiger partial charge in [0.05, 0.1) is 20.8 Å². The molecule has 0 aliphatic rings. The molecule has 2 aromatic heterocycles. The van der Waals surface area contributed by atoms with E-state index in [1.54, 1.807) is 11.3 Å². The summed E-state index contributed by atoms with van der Waals surface area (Å²) in [6.45, 7) is 3.23. The quantitative estimate of drug-likeness (QED) is 0.616. The van der Waals surface area contributed by atoms with E-state index in [4.69, 9.17) is 0 Å². The summed E-state index contributed by atoms with van der Waals surface area (Å²) < 4.78 is 1.06. The number of rotatable bonds is 6. The van der Waals surface area contributed by atoms with Gasteiger partial charge in [-0.05, 0) is 39.9 Å². The Labute approximate surface area is 135 Å². The molecule has 21 heavy (non-hydrogen) atoms. The van der Waals surface area contributed by atoms with Crippen LogP contribution < -0.4 is 10.2 Å². The number of hydrogen-bond acceptors (Lipinski definition) is 6. The molecule has 0 amide bonds. The lowest BCUT2D eigenvalue weighted by atomic mass is 10.3. The largest absolute Gasteiger partial charge is 0.370 e. The molecule has 0 saturated carbocycles. The maximum atomic E-state index is 11.0. The van der Waals surface area contributed by atoms with Gasteiger partial charge in [0.15, 0.2) is 0 Å². The lowest BCUT2D eigenvalue weighted by Crippen LogP contribution is -2.18. The number of halogens is 1. The van der Waals surface area contributed by atoms with Crippen molar-refractivity contribution >= 4 is 44.6 Å². The summed E-state index contributed by atoms with van der Waals surface area (Å²) in [5.74, 6) is 1.09. The van der Waals surface area contributed by atoms with Gasteiger partial charge in [-0.2, -0.15) is 0 Å². The van der Waals surface area contributed by atoms with Gasteiger partial charge in [0.1, 0.15) is 11.6 Å². The Hall–Kier alpha value is -1.67. The Morgan fingerprint density at radius 2 is 2.24 bits per heavy atom. The lowest BCUT2D eigenvalue weighted by molar-refractivity contribution is -0.384. The van der Waals surface area contributed by atoms with Gasteiger partial charge in [0.25, 0.3) is 5.69 Å². The standard InChI is InChI=1S/C13H15BrN4O2S/c1-3-15-12-5-10(18(19)20)6-13(16-12)17(2)7-9-4-11(14)21-8-9/h4-6,8H,3,7H2,1-2H3,(H,15,16). The lowest BCUT2D eigenvalue weighted by Gasteiger charge is -2.18. The summed E-state index contributed by atoms with van der Waals surface area (Å²) >= 11 is 5.04. The molecule has 0 bridgehead atoms. The molecule has 0 saturated heterocycles. The highest BCUT2D eigenvalue weighted by atomic mass is 79.9. The van der Waals surface area contributed by atoms with E-state index < -0.39 is 4.92 Å². The molecule has 0 aliphatic heterocycles. The number of nitro groups is 1. The Balaban J connectivity index is 2.26. The average molecular weight is 371 g/mol. The monoisotopic (exact) mass is 370 g/mol. The van der Waals surface area contributed by atoms with E-state index in [2.05, 4.69) is 26.2 Å². The van der Waals surface area contributed by atoms with E-state index in [0.29, 0.717) is 24.7 Å². The fourth-order valence-electron chi connectivity index (χ4n) is 1.86. The first kappa shape index (κ1) is 15.7. The molecule has 2 heterocycles. The van der Waals surface area contributed by atoms with E-state index in [1.165, 1.54) is 12.1 Å². The molecular formula is C13H15BrN4O2S. The molecule has 2 aromatic rings. The molecule has 0 aliphatic carbocycles. The van der Waals surface area contributed by atoms with Crippen molar-refractivity contribution in [1.29, 1.82) is 0 Å². The third-order valence-corrected chi connectivity index (χ3v) is 4.35. The van der Waals surface area contributed by atoms with Gasteiger partial charge in [-0.3, -0.25) is 10.1 Å². The Morgan fingerprint density at radius 1 is 1.48 bits per heavy atom. The minimum absolute atomic E-state index is 0.0364. The van der Waals surface area contributed by atoms with Crippen molar-refractivity contribution in [2.24, 2.45) is 0 Å². The number of nitrogens with one attached hydrogen (secondary N) is 1. The highest BCUT2D eigenvalue weighted by Gasteiger charge is 2.14. The summed E-state index contributed by atoms with van der Waals surface area (Å²) in [5, 5.41) is 16.1. The molecule has 8 heteroatoms. The molecule has 0 unspecified atom stereocenters. The maximum Gasteiger partial charge on any atom is 0.276 e. The predicted molar refractivity (Wildman–Crippen MR) is 89.2 cm³/mol. The third-order valence-electron chi connectivity index (χ3n) is 2.80. The molecule has 112 valence electrons. The average Bonchev–Trinajstić information content (AvgIpc) is 2.84. The van der Waals surface area contributed by atoms with Crippen LogP contribution in [0.15, 0.2) is 27.4 Å². The predicted octanol–water partition coefficient (Wildman–Crippen LogP) is 3.88. The summed E-state index contributed by atoms with van der Waals surface area (Å²) in [6.07, 6.45) is 0. The van der Waals surface area contributed by atoms with E-state index in [9.17, 15) is 10.1 Å². The van der Waals surface area contributed by atoms with Crippen LogP contribution in [-0.4, -0.2) is 23.5 Å². The number of hydrogen-bond donors (Lipinski definition) is 1. The first-order valence-corrected chi connectivity index (χ1v) is 8.01. The van der Waals surface area contributed by atoms with Gasteiger partial charge in [0, 0.05) is 20.1 Å². The van der Waals surface area contributed by atoms with E-state index in [1.807, 2.05) is 30.3 Å². The van der Waals surface area contributed by atoms with Crippen molar-refractivity contribution in [2.75, 3.05) is 23.8 Å². The van der Waals surface area contributed by atoms with E-state index in [0.717, 1.165) is 9.35 Å². The topological polar surface area (TPSA) is 71.3 Å². The van der Waals surface area contributed by atoms with Gasteiger partial charge >= 0.3 is 0 Å². The van der Waals surface area contributed by atoms with Gasteiger partial charge in [-0.15, -0.1) is 11.3 Å². The van der Waals surface area contributed by atoms with Crippen LogP contribution in [0.4, 0.5) is 17.3 Å². The molecule has 0 atom stereocenters. The van der Waals surface area contributed by atoms with Crippen LogP contribution >= 0.6 is 27.3 Å². The minimum atomic E-state index is -0.402. The van der Waals surface area contributed by atoms with Crippen LogP contribution in [0.1, 0.15) is 12.5 Å². The van der Waals surface area contributed by atoms with Gasteiger partial charge in [-0.1, -0.05) is 0 Å². The second-order valence-corrected chi connectivity index (χ2v) is 6.76. The summed E-state index contributed by atoms with van der Waals surface area (Å²) in [7, 11) is 1.87. The van der Waals surface area contributed by atoms with Crippen LogP contribution in [-0.2, 0) is 6.54 Å². The van der Waals surface area contributed by atoms with Crippen LogP contribution in [0.2, 0.25) is 0 Å². The fraction of sp³-hybridized carbons (Fsp3) is 0.308. The highest BCUT2D eigenvalue weighted by molar-refractivity contribution is 9.11. The normalized spacial score (nSPS) is 10.4. The number of nitrogens with zero attached hydrogens (tertiary/aromatic N) is 3. The Bertz CT molecular complexity index is 647. The molecule has 2 rings (SSSR count).